The molecule has 0 saturated carbocycles. The van der Waals surface area contributed by atoms with Crippen molar-refractivity contribution >= 4 is 17.3 Å². The summed E-state index contributed by atoms with van der Waals surface area (Å²) in [7, 11) is 0. The first-order valence-electron chi connectivity index (χ1n) is 8.05. The molecule has 0 aliphatic carbocycles. The Bertz CT molecular complexity index is 461. The molecule has 1 amide bonds. The normalized spacial score (nSPS) is 20.0. The highest BCUT2D eigenvalue weighted by Gasteiger charge is 2.18. The average molecular weight is 289 g/mol. The second-order valence-electron chi connectivity index (χ2n) is 6.00. The van der Waals surface area contributed by atoms with Gasteiger partial charge in [0.2, 0.25) is 5.91 Å². The van der Waals surface area contributed by atoms with Crippen molar-refractivity contribution in [3.05, 3.63) is 24.3 Å². The molecule has 1 aliphatic rings. The summed E-state index contributed by atoms with van der Waals surface area (Å²) >= 11 is 0. The van der Waals surface area contributed by atoms with E-state index in [9.17, 15) is 4.79 Å². The number of benzene rings is 1. The molecule has 1 aliphatic heterocycles. The van der Waals surface area contributed by atoms with Crippen molar-refractivity contribution in [2.45, 2.75) is 39.0 Å². The lowest BCUT2D eigenvalue weighted by Crippen LogP contribution is -2.34. The highest BCUT2D eigenvalue weighted by Crippen LogP contribution is 2.22. The van der Waals surface area contributed by atoms with Crippen LogP contribution in [0.1, 0.15) is 39.0 Å². The second-order valence-corrected chi connectivity index (χ2v) is 6.00. The number of nitrogens with zero attached hydrogens (tertiary/aromatic N) is 1. The number of rotatable bonds is 5. The number of nitrogen functional groups attached to an aromatic ring is 1. The molecule has 4 nitrogen and oxygen atoms in total. The van der Waals surface area contributed by atoms with E-state index in [4.69, 9.17) is 5.73 Å². The van der Waals surface area contributed by atoms with Gasteiger partial charge in [0.05, 0.1) is 17.9 Å². The van der Waals surface area contributed by atoms with Crippen molar-refractivity contribution in [1.82, 2.24) is 4.90 Å². The molecule has 1 heterocycles. The Hall–Kier alpha value is -1.55. The van der Waals surface area contributed by atoms with Crippen LogP contribution >= 0.6 is 0 Å². The Labute approximate surface area is 127 Å². The molecule has 1 aromatic carbocycles. The number of carbonyl (C=O) groups is 1. The van der Waals surface area contributed by atoms with E-state index in [1.807, 2.05) is 18.2 Å². The Morgan fingerprint density at radius 2 is 2.14 bits per heavy atom. The van der Waals surface area contributed by atoms with Crippen LogP contribution in [0.2, 0.25) is 0 Å². The smallest absolute Gasteiger partial charge is 0.238 e. The third-order valence-corrected chi connectivity index (χ3v) is 4.24. The van der Waals surface area contributed by atoms with E-state index in [1.165, 1.54) is 32.1 Å². The summed E-state index contributed by atoms with van der Waals surface area (Å²) in [5.74, 6) is 0.870. The van der Waals surface area contributed by atoms with Crippen molar-refractivity contribution < 1.29 is 4.79 Å². The van der Waals surface area contributed by atoms with Gasteiger partial charge in [-0.25, -0.2) is 0 Å². The molecule has 116 valence electrons. The monoisotopic (exact) mass is 289 g/mol. The first-order valence-corrected chi connectivity index (χ1v) is 8.05. The van der Waals surface area contributed by atoms with Crippen molar-refractivity contribution in [3.8, 4) is 0 Å². The lowest BCUT2D eigenvalue weighted by molar-refractivity contribution is -0.117. The molecule has 0 spiro atoms. The fourth-order valence-electron chi connectivity index (χ4n) is 3.08. The summed E-state index contributed by atoms with van der Waals surface area (Å²) in [5.41, 5.74) is 7.18. The number of anilines is 2. The fraction of sp³-hybridized carbons (Fsp3) is 0.588. The first kappa shape index (κ1) is 15.8. The molecule has 0 radical (unpaired) electrons. The number of hydrogen-bond donors (Lipinski definition) is 2. The Morgan fingerprint density at radius 3 is 2.90 bits per heavy atom. The highest BCUT2D eigenvalue weighted by atomic mass is 16.2. The van der Waals surface area contributed by atoms with Crippen molar-refractivity contribution in [1.29, 1.82) is 0 Å². The van der Waals surface area contributed by atoms with Gasteiger partial charge in [0, 0.05) is 0 Å². The van der Waals surface area contributed by atoms with E-state index in [-0.39, 0.29) is 5.91 Å². The third-order valence-electron chi connectivity index (χ3n) is 4.24. The van der Waals surface area contributed by atoms with E-state index in [2.05, 4.69) is 17.1 Å². The predicted molar refractivity (Wildman–Crippen MR) is 88.2 cm³/mol. The van der Waals surface area contributed by atoms with Gasteiger partial charge in [-0.3, -0.25) is 9.69 Å². The van der Waals surface area contributed by atoms with Gasteiger partial charge in [-0.05, 0) is 50.4 Å². The summed E-state index contributed by atoms with van der Waals surface area (Å²) in [5, 5.41) is 2.91. The van der Waals surface area contributed by atoms with Crippen molar-refractivity contribution in [2.24, 2.45) is 5.92 Å². The average Bonchev–Trinajstić information content (AvgIpc) is 2.67. The number of hydrogen-bond acceptors (Lipinski definition) is 3. The number of nitrogens with one attached hydrogen (secondary N) is 1. The summed E-state index contributed by atoms with van der Waals surface area (Å²) < 4.78 is 0. The van der Waals surface area contributed by atoms with Crippen LogP contribution in [0.3, 0.4) is 0 Å². The minimum Gasteiger partial charge on any atom is -0.397 e. The summed E-state index contributed by atoms with van der Waals surface area (Å²) in [4.78, 5) is 14.4. The summed E-state index contributed by atoms with van der Waals surface area (Å²) in [6.45, 7) is 4.77. The fourth-order valence-corrected chi connectivity index (χ4v) is 3.08. The van der Waals surface area contributed by atoms with Gasteiger partial charge in [-0.2, -0.15) is 0 Å². The first-order chi connectivity index (χ1) is 10.2. The van der Waals surface area contributed by atoms with E-state index in [0.717, 1.165) is 19.0 Å². The van der Waals surface area contributed by atoms with Crippen LogP contribution in [-0.2, 0) is 4.79 Å². The van der Waals surface area contributed by atoms with Crippen molar-refractivity contribution in [3.63, 3.8) is 0 Å². The van der Waals surface area contributed by atoms with Crippen LogP contribution in [0.4, 0.5) is 11.4 Å². The highest BCUT2D eigenvalue weighted by molar-refractivity contribution is 5.95. The maximum atomic E-state index is 12.1. The topological polar surface area (TPSA) is 58.4 Å². The number of nitrogens with two attached hydrogens (primary N) is 1. The number of carbonyl (C=O) groups excluding carboxylic acids is 1. The Balaban J connectivity index is 1.81. The van der Waals surface area contributed by atoms with Crippen molar-refractivity contribution in [2.75, 3.05) is 30.7 Å². The maximum Gasteiger partial charge on any atom is 0.238 e. The molecule has 1 atom stereocenters. The van der Waals surface area contributed by atoms with Crippen LogP contribution < -0.4 is 11.1 Å². The molecule has 0 bridgehead atoms. The second kappa shape index (κ2) is 8.03. The number of para-hydroxylation sites is 2. The summed E-state index contributed by atoms with van der Waals surface area (Å²) in [6.07, 6.45) is 6.30. The third kappa shape index (κ3) is 5.05. The molecular formula is C17H27N3O. The maximum absolute atomic E-state index is 12.1. The Kier molecular flexibility index (Phi) is 6.05. The van der Waals surface area contributed by atoms with Crippen LogP contribution in [0.5, 0.6) is 0 Å². The minimum absolute atomic E-state index is 0.0295. The van der Waals surface area contributed by atoms with E-state index >= 15 is 0 Å². The van der Waals surface area contributed by atoms with Crippen LogP contribution in [0.15, 0.2) is 24.3 Å². The lowest BCUT2D eigenvalue weighted by Gasteiger charge is -2.19. The standard InChI is InChI=1S/C17H27N3O/c1-2-6-14-7-5-11-20(12-10-14)13-17(21)19-16-9-4-3-8-15(16)18/h3-4,8-9,14H,2,5-7,10-13,18H2,1H3,(H,19,21). The predicted octanol–water partition coefficient (Wildman–Crippen LogP) is 3.11. The number of likely N-dealkylation sites (tertiary alicyclic amines) is 1. The molecule has 1 fully saturated rings. The van der Waals surface area contributed by atoms with Gasteiger partial charge in [0.25, 0.3) is 0 Å². The zero-order valence-electron chi connectivity index (χ0n) is 13.0. The molecule has 1 aromatic rings. The van der Waals surface area contributed by atoms with Crippen LogP contribution in [0, 0.1) is 5.92 Å². The van der Waals surface area contributed by atoms with Gasteiger partial charge in [0.1, 0.15) is 0 Å². The molecule has 1 unspecified atom stereocenters. The molecular weight excluding hydrogens is 262 g/mol. The van der Waals surface area contributed by atoms with E-state index in [0.29, 0.717) is 17.9 Å². The quantitative estimate of drug-likeness (QED) is 0.819. The zero-order chi connectivity index (χ0) is 15.1. The SMILES string of the molecule is CCCC1CCCN(CC(=O)Nc2ccccc2N)CC1. The van der Waals surface area contributed by atoms with Gasteiger partial charge in [-0.15, -0.1) is 0 Å². The minimum atomic E-state index is 0.0295. The molecule has 1 saturated heterocycles. The molecule has 0 aromatic heterocycles. The molecule has 4 heteroatoms. The van der Waals surface area contributed by atoms with Gasteiger partial charge in [0.15, 0.2) is 0 Å². The van der Waals surface area contributed by atoms with Gasteiger partial charge >= 0.3 is 0 Å². The summed E-state index contributed by atoms with van der Waals surface area (Å²) in [6, 6.07) is 7.39. The number of amides is 1. The van der Waals surface area contributed by atoms with Crippen LogP contribution in [-0.4, -0.2) is 30.4 Å². The molecule has 2 rings (SSSR count). The van der Waals surface area contributed by atoms with E-state index in [1.54, 1.807) is 6.07 Å². The Morgan fingerprint density at radius 1 is 1.33 bits per heavy atom. The lowest BCUT2D eigenvalue weighted by atomic mass is 9.96. The molecule has 21 heavy (non-hydrogen) atoms. The zero-order valence-corrected chi connectivity index (χ0v) is 13.0. The largest absolute Gasteiger partial charge is 0.397 e. The van der Waals surface area contributed by atoms with Gasteiger partial charge in [-0.1, -0.05) is 31.9 Å². The van der Waals surface area contributed by atoms with Gasteiger partial charge < -0.3 is 11.1 Å². The van der Waals surface area contributed by atoms with E-state index < -0.39 is 0 Å². The molecule has 3 N–H and O–H groups in total. The van der Waals surface area contributed by atoms with Crippen LogP contribution in [0.25, 0.3) is 0 Å².